The van der Waals surface area contributed by atoms with Crippen LogP contribution in [0.1, 0.15) is 5.56 Å². The molecule has 0 N–H and O–H groups in total. The van der Waals surface area contributed by atoms with E-state index in [9.17, 15) is 17.6 Å². The lowest BCUT2D eigenvalue weighted by molar-refractivity contribution is 0.414. The molecule has 0 saturated heterocycles. The summed E-state index contributed by atoms with van der Waals surface area (Å²) in [5.74, 6) is -6.76. The maximum atomic E-state index is 13.9. The monoisotopic (exact) mass is 361 g/mol. The highest BCUT2D eigenvalue weighted by atomic mass is 79.9. The first kappa shape index (κ1) is 15.0. The summed E-state index contributed by atoms with van der Waals surface area (Å²) in [7, 11) is 1.84. The van der Waals surface area contributed by atoms with E-state index in [0.717, 1.165) is 0 Å². The van der Waals surface area contributed by atoms with E-state index >= 15 is 0 Å². The number of halogens is 5. The lowest BCUT2D eigenvalue weighted by Gasteiger charge is -2.12. The first-order valence-electron chi connectivity index (χ1n) is 5.20. The predicted octanol–water partition coefficient (Wildman–Crippen LogP) is 4.04. The van der Waals surface area contributed by atoms with Gasteiger partial charge in [0.25, 0.3) is 0 Å². The molecule has 0 aromatic heterocycles. The maximum absolute atomic E-state index is 13.9. The smallest absolute Gasteiger partial charge is 0.198 e. The van der Waals surface area contributed by atoms with Crippen LogP contribution in [0.3, 0.4) is 0 Å². The van der Waals surface area contributed by atoms with Crippen LogP contribution < -0.4 is 5.30 Å². The molecule has 0 radical (unpaired) electrons. The van der Waals surface area contributed by atoms with E-state index in [2.05, 4.69) is 15.9 Å². The molecule has 0 amide bonds. The average Bonchev–Trinajstić information content (AvgIpc) is 2.45. The minimum Gasteiger partial charge on any atom is -0.203 e. The van der Waals surface area contributed by atoms with E-state index < -0.39 is 34.1 Å². The lowest BCUT2D eigenvalue weighted by Crippen LogP contribution is -2.13. The fraction of sp³-hybridized carbons (Fsp3) is 0. The van der Waals surface area contributed by atoms with Gasteiger partial charge in [0.2, 0.25) is 0 Å². The van der Waals surface area contributed by atoms with Gasteiger partial charge in [-0.25, -0.2) is 17.6 Å². The minimum absolute atomic E-state index is 0.0596. The Hall–Kier alpha value is -1.44. The van der Waals surface area contributed by atoms with Crippen LogP contribution in [0.5, 0.6) is 0 Å². The SMILES string of the molecule is N#Cc1cccc(-c2c(F)c(F)c(F)c(F)c2P)c1Br. The van der Waals surface area contributed by atoms with Crippen LogP contribution >= 0.6 is 25.2 Å². The van der Waals surface area contributed by atoms with Gasteiger partial charge in [0.15, 0.2) is 23.3 Å². The van der Waals surface area contributed by atoms with E-state index in [1.54, 1.807) is 0 Å². The van der Waals surface area contributed by atoms with Crippen molar-refractivity contribution in [2.75, 3.05) is 0 Å². The Balaban J connectivity index is 2.88. The van der Waals surface area contributed by atoms with Gasteiger partial charge in [0.1, 0.15) is 6.07 Å². The Morgan fingerprint density at radius 3 is 2.20 bits per heavy atom. The van der Waals surface area contributed by atoms with Crippen LogP contribution in [-0.2, 0) is 0 Å². The molecule has 0 bridgehead atoms. The molecule has 1 nitrogen and oxygen atoms in total. The average molecular weight is 362 g/mol. The predicted molar refractivity (Wildman–Crippen MR) is 73.5 cm³/mol. The quantitative estimate of drug-likeness (QED) is 0.325. The highest BCUT2D eigenvalue weighted by Crippen LogP contribution is 2.34. The van der Waals surface area contributed by atoms with Crippen molar-refractivity contribution in [2.45, 2.75) is 0 Å². The number of hydrogen-bond acceptors (Lipinski definition) is 1. The van der Waals surface area contributed by atoms with Crippen LogP contribution in [-0.4, -0.2) is 0 Å². The molecule has 1 atom stereocenters. The van der Waals surface area contributed by atoms with Crippen LogP contribution in [0.25, 0.3) is 11.1 Å². The zero-order chi connectivity index (χ0) is 15.0. The molecule has 0 heterocycles. The van der Waals surface area contributed by atoms with Crippen molar-refractivity contribution < 1.29 is 17.6 Å². The summed E-state index contributed by atoms with van der Waals surface area (Å²) in [5.41, 5.74) is -0.226. The number of rotatable bonds is 1. The Morgan fingerprint density at radius 2 is 1.60 bits per heavy atom. The third kappa shape index (κ3) is 2.21. The summed E-state index contributed by atoms with van der Waals surface area (Å²) >= 11 is 3.08. The highest BCUT2D eigenvalue weighted by molar-refractivity contribution is 9.10. The van der Waals surface area contributed by atoms with Gasteiger partial charge in [-0.05, 0) is 22.0 Å². The molecule has 0 aliphatic carbocycles. The van der Waals surface area contributed by atoms with Crippen molar-refractivity contribution >= 4 is 30.5 Å². The van der Waals surface area contributed by atoms with E-state index in [-0.39, 0.29) is 15.6 Å². The molecule has 0 aliphatic heterocycles. The fourth-order valence-corrected chi connectivity index (χ4v) is 2.68. The van der Waals surface area contributed by atoms with Crippen LogP contribution in [0, 0.1) is 34.6 Å². The van der Waals surface area contributed by atoms with Gasteiger partial charge in [-0.3, -0.25) is 0 Å². The molecule has 0 aliphatic rings. The van der Waals surface area contributed by atoms with Gasteiger partial charge < -0.3 is 0 Å². The molecule has 0 saturated carbocycles. The third-order valence-electron chi connectivity index (χ3n) is 2.69. The second-order valence-electron chi connectivity index (χ2n) is 3.82. The zero-order valence-electron chi connectivity index (χ0n) is 9.65. The van der Waals surface area contributed by atoms with E-state index in [0.29, 0.717) is 0 Å². The summed E-state index contributed by atoms with van der Waals surface area (Å²) in [4.78, 5) is 0. The van der Waals surface area contributed by atoms with Crippen molar-refractivity contribution in [1.82, 2.24) is 0 Å². The van der Waals surface area contributed by atoms with Crippen molar-refractivity contribution in [1.29, 1.82) is 5.26 Å². The van der Waals surface area contributed by atoms with Crippen molar-refractivity contribution in [3.8, 4) is 17.2 Å². The standard InChI is InChI=1S/C13H5BrF4NP/c14-8-5(4-19)2-1-3-6(8)7-9(15)10(16)11(17)12(18)13(7)20/h1-3H,20H2. The molecule has 2 aromatic carbocycles. The molecular formula is C13H5BrF4NP. The zero-order valence-corrected chi connectivity index (χ0v) is 12.4. The van der Waals surface area contributed by atoms with Gasteiger partial charge in [-0.15, -0.1) is 9.24 Å². The number of hydrogen-bond donors (Lipinski definition) is 0. The molecule has 20 heavy (non-hydrogen) atoms. The summed E-state index contributed by atoms with van der Waals surface area (Å²) in [5, 5.41) is 8.45. The number of nitrogens with zero attached hydrogens (tertiary/aromatic N) is 1. The van der Waals surface area contributed by atoms with Crippen LogP contribution in [0.4, 0.5) is 17.6 Å². The van der Waals surface area contributed by atoms with Crippen LogP contribution in [0.2, 0.25) is 0 Å². The first-order valence-corrected chi connectivity index (χ1v) is 6.57. The van der Waals surface area contributed by atoms with Crippen molar-refractivity contribution in [2.24, 2.45) is 0 Å². The van der Waals surface area contributed by atoms with Gasteiger partial charge in [-0.2, -0.15) is 5.26 Å². The fourth-order valence-electron chi connectivity index (χ4n) is 1.72. The Bertz CT molecular complexity index is 726. The summed E-state index contributed by atoms with van der Waals surface area (Å²) in [6, 6.07) is 6.10. The number of benzene rings is 2. The minimum atomic E-state index is -1.89. The molecule has 2 rings (SSSR count). The highest BCUT2D eigenvalue weighted by Gasteiger charge is 2.25. The van der Waals surface area contributed by atoms with Crippen molar-refractivity contribution in [3.05, 3.63) is 51.5 Å². The topological polar surface area (TPSA) is 23.8 Å². The maximum Gasteiger partial charge on any atom is 0.198 e. The summed E-state index contributed by atoms with van der Waals surface area (Å²) in [6.07, 6.45) is 0. The molecule has 0 fully saturated rings. The molecule has 0 spiro atoms. The van der Waals surface area contributed by atoms with Gasteiger partial charge in [0, 0.05) is 20.9 Å². The Kier molecular flexibility index (Phi) is 4.12. The summed E-state index contributed by atoms with van der Waals surface area (Å²) in [6.45, 7) is 0. The van der Waals surface area contributed by atoms with E-state index in [1.807, 2.05) is 15.3 Å². The molecular weight excluding hydrogens is 357 g/mol. The second-order valence-corrected chi connectivity index (χ2v) is 5.19. The first-order chi connectivity index (χ1) is 9.40. The number of nitriles is 1. The molecule has 7 heteroatoms. The van der Waals surface area contributed by atoms with Crippen molar-refractivity contribution in [3.63, 3.8) is 0 Å². The van der Waals surface area contributed by atoms with Crippen LogP contribution in [0.15, 0.2) is 22.7 Å². The molecule has 1 unspecified atom stereocenters. The largest absolute Gasteiger partial charge is 0.203 e. The van der Waals surface area contributed by atoms with Gasteiger partial charge in [0.05, 0.1) is 5.56 Å². The summed E-state index contributed by atoms with van der Waals surface area (Å²) < 4.78 is 54.1. The molecule has 2 aromatic rings. The van der Waals surface area contributed by atoms with Gasteiger partial charge in [-0.1, -0.05) is 12.1 Å². The Morgan fingerprint density at radius 1 is 1.00 bits per heavy atom. The second kappa shape index (κ2) is 5.51. The molecule has 102 valence electrons. The Labute approximate surface area is 122 Å². The van der Waals surface area contributed by atoms with Gasteiger partial charge >= 0.3 is 0 Å². The lowest BCUT2D eigenvalue weighted by atomic mass is 10.0. The van der Waals surface area contributed by atoms with E-state index in [1.165, 1.54) is 18.2 Å². The normalized spacial score (nSPS) is 10.4. The third-order valence-corrected chi connectivity index (χ3v) is 4.09. The van der Waals surface area contributed by atoms with E-state index in [4.69, 9.17) is 5.26 Å².